The van der Waals surface area contributed by atoms with Crippen molar-refractivity contribution in [2.24, 2.45) is 22.4 Å². The summed E-state index contributed by atoms with van der Waals surface area (Å²) in [5.74, 6) is 0.660. The molecule has 0 aliphatic heterocycles. The first-order valence-corrected chi connectivity index (χ1v) is 8.55. The molecule has 2 aliphatic carbocycles. The molecule has 7 heteroatoms. The summed E-state index contributed by atoms with van der Waals surface area (Å²) in [6.07, 6.45) is 4.60. The summed E-state index contributed by atoms with van der Waals surface area (Å²) >= 11 is 0. The SMILES string of the molecule is COc1ccc(/C(C)=N\NC(=O)[C@H]2[C@@H]3CCCC[C@@]32C)cc1[N+](=O)[O-]. The Morgan fingerprint density at radius 1 is 1.44 bits per heavy atom. The molecule has 0 spiro atoms. The van der Waals surface area contributed by atoms with Gasteiger partial charge in [-0.1, -0.05) is 19.8 Å². The van der Waals surface area contributed by atoms with Gasteiger partial charge in [0.1, 0.15) is 0 Å². The lowest BCUT2D eigenvalue weighted by Gasteiger charge is -2.15. The Balaban J connectivity index is 1.71. The Hall–Kier alpha value is -2.44. The van der Waals surface area contributed by atoms with E-state index in [1.807, 2.05) is 0 Å². The molecule has 3 atom stereocenters. The first-order chi connectivity index (χ1) is 11.9. The van der Waals surface area contributed by atoms with Gasteiger partial charge in [0, 0.05) is 17.5 Å². The number of amides is 1. The number of hydrogen-bond acceptors (Lipinski definition) is 5. The fourth-order valence-corrected chi connectivity index (χ4v) is 4.18. The molecule has 7 nitrogen and oxygen atoms in total. The van der Waals surface area contributed by atoms with Gasteiger partial charge >= 0.3 is 5.69 Å². The summed E-state index contributed by atoms with van der Waals surface area (Å²) in [6, 6.07) is 4.63. The minimum absolute atomic E-state index is 0.0387. The highest BCUT2D eigenvalue weighted by atomic mass is 16.6. The Bertz CT molecular complexity index is 746. The average molecular weight is 345 g/mol. The van der Waals surface area contributed by atoms with Crippen LogP contribution in [0.4, 0.5) is 5.69 Å². The van der Waals surface area contributed by atoms with Crippen molar-refractivity contribution in [3.05, 3.63) is 33.9 Å². The predicted octanol–water partition coefficient (Wildman–Crippen LogP) is 3.27. The van der Waals surface area contributed by atoms with Gasteiger partial charge in [-0.2, -0.15) is 5.10 Å². The van der Waals surface area contributed by atoms with E-state index >= 15 is 0 Å². The zero-order valence-electron chi connectivity index (χ0n) is 14.7. The van der Waals surface area contributed by atoms with Crippen molar-refractivity contribution in [2.75, 3.05) is 7.11 Å². The lowest BCUT2D eigenvalue weighted by Crippen LogP contribution is -2.23. The number of ether oxygens (including phenoxy) is 1. The second-order valence-corrected chi connectivity index (χ2v) is 7.15. The fraction of sp³-hybridized carbons (Fsp3) is 0.556. The number of benzene rings is 1. The third kappa shape index (κ3) is 3.10. The topological polar surface area (TPSA) is 93.8 Å². The highest BCUT2D eigenvalue weighted by Crippen LogP contribution is 2.66. The number of rotatable bonds is 5. The molecule has 3 rings (SSSR count). The van der Waals surface area contributed by atoms with E-state index < -0.39 is 4.92 Å². The van der Waals surface area contributed by atoms with Crippen LogP contribution in [0.3, 0.4) is 0 Å². The highest BCUT2D eigenvalue weighted by molar-refractivity contribution is 6.00. The highest BCUT2D eigenvalue weighted by Gasteiger charge is 2.64. The van der Waals surface area contributed by atoms with Crippen LogP contribution in [0.2, 0.25) is 0 Å². The first kappa shape index (κ1) is 17.4. The number of methoxy groups -OCH3 is 1. The van der Waals surface area contributed by atoms with Crippen molar-refractivity contribution >= 4 is 17.3 Å². The Morgan fingerprint density at radius 3 is 2.80 bits per heavy atom. The molecule has 1 amide bonds. The number of hydrogen-bond donors (Lipinski definition) is 1. The summed E-state index contributed by atoms with van der Waals surface area (Å²) in [5.41, 5.74) is 3.75. The van der Waals surface area contributed by atoms with Crippen molar-refractivity contribution in [1.82, 2.24) is 5.43 Å². The second kappa shape index (κ2) is 6.46. The molecule has 0 unspecified atom stereocenters. The van der Waals surface area contributed by atoms with Crippen LogP contribution in [0.25, 0.3) is 0 Å². The lowest BCUT2D eigenvalue weighted by molar-refractivity contribution is -0.385. The molecule has 2 saturated carbocycles. The number of carbonyl (C=O) groups excluding carboxylic acids is 1. The number of hydrazone groups is 1. The first-order valence-electron chi connectivity index (χ1n) is 8.55. The lowest BCUT2D eigenvalue weighted by atomic mass is 9.90. The molecule has 2 fully saturated rings. The summed E-state index contributed by atoms with van der Waals surface area (Å²) in [5, 5.41) is 15.3. The van der Waals surface area contributed by atoms with Crippen LogP contribution in [0.15, 0.2) is 23.3 Å². The zero-order chi connectivity index (χ0) is 18.2. The summed E-state index contributed by atoms with van der Waals surface area (Å²) in [7, 11) is 1.39. The maximum atomic E-state index is 12.4. The van der Waals surface area contributed by atoms with Crippen LogP contribution in [-0.4, -0.2) is 23.7 Å². The predicted molar refractivity (Wildman–Crippen MR) is 93.6 cm³/mol. The number of nitrogens with one attached hydrogen (secondary N) is 1. The molecule has 0 bridgehead atoms. The zero-order valence-corrected chi connectivity index (χ0v) is 14.7. The number of nitrogens with zero attached hydrogens (tertiary/aromatic N) is 2. The van der Waals surface area contributed by atoms with Gasteiger partial charge in [0.2, 0.25) is 5.91 Å². The van der Waals surface area contributed by atoms with Crippen LogP contribution in [0.1, 0.15) is 45.1 Å². The third-order valence-electron chi connectivity index (χ3n) is 5.74. The van der Waals surface area contributed by atoms with Crippen LogP contribution in [-0.2, 0) is 4.79 Å². The van der Waals surface area contributed by atoms with Crippen LogP contribution >= 0.6 is 0 Å². The van der Waals surface area contributed by atoms with Crippen molar-refractivity contribution in [1.29, 1.82) is 0 Å². The van der Waals surface area contributed by atoms with E-state index in [2.05, 4.69) is 17.5 Å². The van der Waals surface area contributed by atoms with E-state index in [1.165, 1.54) is 32.1 Å². The van der Waals surface area contributed by atoms with Gasteiger partial charge in [-0.3, -0.25) is 14.9 Å². The molecule has 134 valence electrons. The summed E-state index contributed by atoms with van der Waals surface area (Å²) in [4.78, 5) is 23.1. The Kier molecular flexibility index (Phi) is 4.49. The van der Waals surface area contributed by atoms with Gasteiger partial charge in [0.25, 0.3) is 0 Å². The van der Waals surface area contributed by atoms with Gasteiger partial charge < -0.3 is 4.74 Å². The molecule has 0 heterocycles. The van der Waals surface area contributed by atoms with Crippen molar-refractivity contribution in [2.45, 2.75) is 39.5 Å². The molecule has 0 radical (unpaired) electrons. The van der Waals surface area contributed by atoms with Crippen LogP contribution < -0.4 is 10.2 Å². The van der Waals surface area contributed by atoms with E-state index in [9.17, 15) is 14.9 Å². The van der Waals surface area contributed by atoms with Crippen LogP contribution in [0.5, 0.6) is 5.75 Å². The minimum atomic E-state index is -0.496. The molecule has 2 aliphatic rings. The normalized spacial score (nSPS) is 28.0. The average Bonchev–Trinajstić information content (AvgIpc) is 3.24. The minimum Gasteiger partial charge on any atom is -0.490 e. The van der Waals surface area contributed by atoms with E-state index in [0.717, 1.165) is 12.8 Å². The van der Waals surface area contributed by atoms with E-state index in [0.29, 0.717) is 17.2 Å². The summed E-state index contributed by atoms with van der Waals surface area (Å²) < 4.78 is 4.99. The molecule has 25 heavy (non-hydrogen) atoms. The number of fused-ring (bicyclic) bond motifs is 1. The van der Waals surface area contributed by atoms with Crippen molar-refractivity contribution in [3.63, 3.8) is 0 Å². The Morgan fingerprint density at radius 2 is 2.20 bits per heavy atom. The standard InChI is InChI=1S/C18H23N3O4/c1-11(12-7-8-15(25-3)14(10-12)21(23)24)19-20-17(22)16-13-6-4-5-9-18(13,16)2/h7-8,10,13,16H,4-6,9H2,1-3H3,(H,20,22)/b19-11-/t13-,16+,18-/m0/s1. The van der Waals surface area contributed by atoms with Crippen molar-refractivity contribution < 1.29 is 14.5 Å². The van der Waals surface area contributed by atoms with E-state index in [4.69, 9.17) is 4.74 Å². The summed E-state index contributed by atoms with van der Waals surface area (Å²) in [6.45, 7) is 3.90. The molecule has 1 aromatic carbocycles. The van der Waals surface area contributed by atoms with E-state index in [-0.39, 0.29) is 28.7 Å². The van der Waals surface area contributed by atoms with Gasteiger partial charge in [-0.25, -0.2) is 5.43 Å². The Labute approximate surface area is 146 Å². The van der Waals surface area contributed by atoms with Gasteiger partial charge in [-0.15, -0.1) is 0 Å². The third-order valence-corrected chi connectivity index (χ3v) is 5.74. The second-order valence-electron chi connectivity index (χ2n) is 7.15. The molecule has 1 aromatic rings. The van der Waals surface area contributed by atoms with E-state index in [1.54, 1.807) is 13.0 Å². The molecule has 0 saturated heterocycles. The fourth-order valence-electron chi connectivity index (χ4n) is 4.18. The maximum Gasteiger partial charge on any atom is 0.311 e. The monoisotopic (exact) mass is 345 g/mol. The molecule has 0 aromatic heterocycles. The van der Waals surface area contributed by atoms with Gasteiger partial charge in [-0.05, 0) is 43.2 Å². The molecular weight excluding hydrogens is 322 g/mol. The maximum absolute atomic E-state index is 12.4. The number of nitro groups is 1. The van der Waals surface area contributed by atoms with Gasteiger partial charge in [0.05, 0.1) is 17.7 Å². The number of nitro benzene ring substituents is 1. The van der Waals surface area contributed by atoms with Crippen LogP contribution in [0, 0.1) is 27.4 Å². The van der Waals surface area contributed by atoms with Gasteiger partial charge in [0.15, 0.2) is 5.75 Å². The van der Waals surface area contributed by atoms with Crippen molar-refractivity contribution in [3.8, 4) is 5.75 Å². The molecule has 1 N–H and O–H groups in total. The largest absolute Gasteiger partial charge is 0.490 e. The quantitative estimate of drug-likeness (QED) is 0.503. The molecular formula is C18H23N3O4. The number of carbonyl (C=O) groups is 1. The smallest absolute Gasteiger partial charge is 0.311 e.